The number of rotatable bonds is 5. The molecule has 1 unspecified atom stereocenters. The van der Waals surface area contributed by atoms with Gasteiger partial charge in [0.15, 0.2) is 5.58 Å². The molecule has 1 N–H and O–H groups in total. The number of carbonyl (C=O) groups excluding carboxylic acids is 1. The lowest BCUT2D eigenvalue weighted by Crippen LogP contribution is -2.41. The molecule has 26 heavy (non-hydrogen) atoms. The van der Waals surface area contributed by atoms with Gasteiger partial charge in [0, 0.05) is 17.0 Å². The van der Waals surface area contributed by atoms with Crippen LogP contribution in [0.1, 0.15) is 32.4 Å². The third-order valence-electron chi connectivity index (χ3n) is 4.62. The molecule has 3 aromatic rings. The zero-order chi connectivity index (χ0) is 18.9. The van der Waals surface area contributed by atoms with Gasteiger partial charge in [-0.2, -0.15) is 0 Å². The summed E-state index contributed by atoms with van der Waals surface area (Å²) >= 11 is 5.94. The van der Waals surface area contributed by atoms with Gasteiger partial charge in [-0.25, -0.2) is 4.79 Å². The second-order valence-corrected chi connectivity index (χ2v) is 7.43. The molecule has 1 amide bonds. The number of carbonyl (C=O) groups is 1. The zero-order valence-corrected chi connectivity index (χ0v) is 15.7. The minimum atomic E-state index is -0.674. The third kappa shape index (κ3) is 3.53. The van der Waals surface area contributed by atoms with Crippen molar-refractivity contribution in [3.05, 3.63) is 69.7 Å². The number of hydrogen-bond donors (Lipinski definition) is 1. The first-order chi connectivity index (χ1) is 12.3. The van der Waals surface area contributed by atoms with Crippen molar-refractivity contribution in [1.82, 2.24) is 9.88 Å². The fourth-order valence-electron chi connectivity index (χ4n) is 2.93. The van der Waals surface area contributed by atoms with Crippen molar-refractivity contribution in [2.24, 2.45) is 0 Å². The third-order valence-corrected chi connectivity index (χ3v) is 4.87. The van der Waals surface area contributed by atoms with E-state index in [4.69, 9.17) is 16.0 Å². The van der Waals surface area contributed by atoms with Crippen molar-refractivity contribution < 1.29 is 9.21 Å². The van der Waals surface area contributed by atoms with Crippen molar-refractivity contribution in [2.45, 2.75) is 32.2 Å². The summed E-state index contributed by atoms with van der Waals surface area (Å²) in [6.07, 6.45) is 0. The molecule has 0 radical (unpaired) electrons. The fourth-order valence-corrected chi connectivity index (χ4v) is 3.05. The highest BCUT2D eigenvalue weighted by Gasteiger charge is 2.25. The van der Waals surface area contributed by atoms with E-state index in [-0.39, 0.29) is 11.3 Å². The molecule has 5 nitrogen and oxygen atoms in total. The Hall–Kier alpha value is -2.53. The van der Waals surface area contributed by atoms with Gasteiger partial charge in [-0.15, -0.1) is 0 Å². The topological polar surface area (TPSA) is 64.2 Å². The summed E-state index contributed by atoms with van der Waals surface area (Å²) in [5.41, 5.74) is 1.88. The smallest absolute Gasteiger partial charge is 0.408 e. The van der Waals surface area contributed by atoms with Crippen LogP contribution in [0.3, 0.4) is 0 Å². The van der Waals surface area contributed by atoms with Gasteiger partial charge in [-0.1, -0.05) is 49.7 Å². The Morgan fingerprint density at radius 1 is 1.19 bits per heavy atom. The van der Waals surface area contributed by atoms with E-state index < -0.39 is 11.8 Å². The Morgan fingerprint density at radius 3 is 2.54 bits per heavy atom. The number of halogens is 1. The average molecular weight is 373 g/mol. The van der Waals surface area contributed by atoms with Crippen molar-refractivity contribution >= 4 is 28.6 Å². The van der Waals surface area contributed by atoms with Crippen LogP contribution in [0, 0.1) is 0 Å². The summed E-state index contributed by atoms with van der Waals surface area (Å²) in [6, 6.07) is 14.0. The standard InChI is InChI=1S/C20H21ClN2O3/c1-13(23-16-6-4-5-7-17(16)26-19(23)25)18(24)22-12-20(2,3)14-8-10-15(21)11-9-14/h4-11,13H,12H2,1-3H3,(H,22,24). The van der Waals surface area contributed by atoms with Crippen LogP contribution in [0.25, 0.3) is 11.1 Å². The minimum Gasteiger partial charge on any atom is -0.408 e. The first-order valence-corrected chi connectivity index (χ1v) is 8.81. The van der Waals surface area contributed by atoms with Crippen molar-refractivity contribution in [3.63, 3.8) is 0 Å². The maximum atomic E-state index is 12.6. The number of para-hydroxylation sites is 2. The lowest BCUT2D eigenvalue weighted by atomic mass is 9.84. The molecule has 6 heteroatoms. The predicted octanol–water partition coefficient (Wildman–Crippen LogP) is 3.90. The van der Waals surface area contributed by atoms with Gasteiger partial charge in [-0.3, -0.25) is 9.36 Å². The molecule has 0 bridgehead atoms. The molecule has 1 aromatic heterocycles. The summed E-state index contributed by atoms with van der Waals surface area (Å²) in [5.74, 6) is -0.772. The fraction of sp³-hybridized carbons (Fsp3) is 0.300. The second kappa shape index (κ2) is 7.00. The Bertz CT molecular complexity index is 986. The molecule has 3 rings (SSSR count). The second-order valence-electron chi connectivity index (χ2n) is 6.99. The highest BCUT2D eigenvalue weighted by molar-refractivity contribution is 6.30. The molecular formula is C20H21ClN2O3. The van der Waals surface area contributed by atoms with Gasteiger partial charge in [-0.05, 0) is 36.8 Å². The molecule has 136 valence electrons. The number of benzene rings is 2. The van der Waals surface area contributed by atoms with Crippen molar-refractivity contribution in [3.8, 4) is 0 Å². The maximum Gasteiger partial charge on any atom is 0.420 e. The lowest BCUT2D eigenvalue weighted by molar-refractivity contribution is -0.124. The van der Waals surface area contributed by atoms with Crippen molar-refractivity contribution in [2.75, 3.05) is 6.54 Å². The number of nitrogens with one attached hydrogen (secondary N) is 1. The van der Waals surface area contributed by atoms with Gasteiger partial charge in [0.2, 0.25) is 5.91 Å². The van der Waals surface area contributed by atoms with E-state index >= 15 is 0 Å². The Morgan fingerprint density at radius 2 is 1.85 bits per heavy atom. The van der Waals surface area contributed by atoms with Crippen LogP contribution in [0.2, 0.25) is 5.02 Å². The molecule has 0 aliphatic carbocycles. The summed E-state index contributed by atoms with van der Waals surface area (Å²) in [4.78, 5) is 24.8. The van der Waals surface area contributed by atoms with E-state index in [0.717, 1.165) is 5.56 Å². The number of aromatic nitrogens is 1. The number of oxazole rings is 1. The van der Waals surface area contributed by atoms with E-state index in [0.29, 0.717) is 22.7 Å². The van der Waals surface area contributed by atoms with E-state index in [1.165, 1.54) is 4.57 Å². The summed E-state index contributed by atoms with van der Waals surface area (Å²) < 4.78 is 6.59. The van der Waals surface area contributed by atoms with Gasteiger partial charge in [0.1, 0.15) is 6.04 Å². The first-order valence-electron chi connectivity index (χ1n) is 8.43. The molecule has 2 aromatic carbocycles. The first kappa shape index (κ1) is 18.3. The van der Waals surface area contributed by atoms with Crippen molar-refractivity contribution in [1.29, 1.82) is 0 Å². The Balaban J connectivity index is 1.76. The maximum absolute atomic E-state index is 12.6. The number of fused-ring (bicyclic) bond motifs is 1. The zero-order valence-electron chi connectivity index (χ0n) is 15.0. The molecule has 1 atom stereocenters. The van der Waals surface area contributed by atoms with Crippen LogP contribution in [-0.4, -0.2) is 17.0 Å². The molecule has 0 fully saturated rings. The predicted molar refractivity (Wildman–Crippen MR) is 103 cm³/mol. The average Bonchev–Trinajstić information content (AvgIpc) is 2.95. The largest absolute Gasteiger partial charge is 0.420 e. The monoisotopic (exact) mass is 372 g/mol. The summed E-state index contributed by atoms with van der Waals surface area (Å²) in [5, 5.41) is 3.62. The Labute approximate surface area is 156 Å². The van der Waals surface area contributed by atoms with Gasteiger partial charge < -0.3 is 9.73 Å². The summed E-state index contributed by atoms with van der Waals surface area (Å²) in [7, 11) is 0. The van der Waals surface area contributed by atoms with E-state index in [1.54, 1.807) is 25.1 Å². The molecule has 1 heterocycles. The van der Waals surface area contributed by atoms with Gasteiger partial charge in [0.25, 0.3) is 0 Å². The highest BCUT2D eigenvalue weighted by Crippen LogP contribution is 2.24. The van der Waals surface area contributed by atoms with Crippen LogP contribution in [-0.2, 0) is 10.2 Å². The summed E-state index contributed by atoms with van der Waals surface area (Å²) in [6.45, 7) is 6.21. The number of amides is 1. The lowest BCUT2D eigenvalue weighted by Gasteiger charge is -2.26. The van der Waals surface area contributed by atoms with E-state index in [1.807, 2.05) is 44.2 Å². The van der Waals surface area contributed by atoms with Crippen LogP contribution >= 0.6 is 11.6 Å². The quantitative estimate of drug-likeness (QED) is 0.738. The van der Waals surface area contributed by atoms with E-state index in [9.17, 15) is 9.59 Å². The van der Waals surface area contributed by atoms with Crippen LogP contribution in [0.4, 0.5) is 0 Å². The molecular weight excluding hydrogens is 352 g/mol. The Kier molecular flexibility index (Phi) is 4.92. The molecule has 0 aliphatic rings. The molecule has 0 saturated heterocycles. The SMILES string of the molecule is CC(C(=O)NCC(C)(C)c1ccc(Cl)cc1)n1c(=O)oc2ccccc21. The van der Waals surface area contributed by atoms with Gasteiger partial charge in [0.05, 0.1) is 5.52 Å². The van der Waals surface area contributed by atoms with Crippen LogP contribution in [0.5, 0.6) is 0 Å². The molecule has 0 spiro atoms. The molecule has 0 aliphatic heterocycles. The normalized spacial score (nSPS) is 12.9. The van der Waals surface area contributed by atoms with E-state index in [2.05, 4.69) is 5.32 Å². The minimum absolute atomic E-state index is 0.235. The molecule has 0 saturated carbocycles. The van der Waals surface area contributed by atoms with Crippen LogP contribution in [0.15, 0.2) is 57.7 Å². The highest BCUT2D eigenvalue weighted by atomic mass is 35.5. The van der Waals surface area contributed by atoms with Crippen LogP contribution < -0.4 is 11.1 Å². The van der Waals surface area contributed by atoms with Gasteiger partial charge >= 0.3 is 5.76 Å². The number of nitrogens with zero attached hydrogens (tertiary/aromatic N) is 1. The number of hydrogen-bond acceptors (Lipinski definition) is 3.